The summed E-state index contributed by atoms with van der Waals surface area (Å²) in [5.41, 5.74) is 0.873. The van der Waals surface area contributed by atoms with Gasteiger partial charge in [0, 0.05) is 26.5 Å². The van der Waals surface area contributed by atoms with E-state index < -0.39 is 5.56 Å². The molecule has 3 aromatic heterocycles. The zero-order chi connectivity index (χ0) is 17.3. The van der Waals surface area contributed by atoms with Gasteiger partial charge in [-0.2, -0.15) is 5.26 Å². The number of pyridine rings is 2. The molecular formula is C17H16N4O3. The van der Waals surface area contributed by atoms with E-state index in [1.165, 1.54) is 15.0 Å². The van der Waals surface area contributed by atoms with Gasteiger partial charge in [0.25, 0.3) is 11.1 Å². The molecule has 3 aromatic rings. The van der Waals surface area contributed by atoms with Gasteiger partial charge < -0.3 is 4.74 Å². The summed E-state index contributed by atoms with van der Waals surface area (Å²) in [4.78, 5) is 29.7. The first kappa shape index (κ1) is 15.9. The number of hydrogen-bond donors (Lipinski definition) is 0. The van der Waals surface area contributed by atoms with Crippen molar-refractivity contribution in [2.45, 2.75) is 19.9 Å². The lowest BCUT2D eigenvalue weighted by Crippen LogP contribution is -2.27. The lowest BCUT2D eigenvalue weighted by molar-refractivity contribution is 0.190. The SMILES string of the molecule is COCCCn1c(=O)c(C#N)cc2c(=O)n3cc(C)ccc3nc21. The van der Waals surface area contributed by atoms with Gasteiger partial charge in [-0.15, -0.1) is 0 Å². The van der Waals surface area contributed by atoms with Crippen LogP contribution in [0.1, 0.15) is 17.5 Å². The molecule has 0 N–H and O–H groups in total. The summed E-state index contributed by atoms with van der Waals surface area (Å²) in [7, 11) is 1.58. The Morgan fingerprint density at radius 2 is 2.08 bits per heavy atom. The molecule has 0 saturated heterocycles. The predicted octanol–water partition coefficient (Wildman–Crippen LogP) is 1.23. The highest BCUT2D eigenvalue weighted by Crippen LogP contribution is 2.11. The third-order valence-corrected chi connectivity index (χ3v) is 3.86. The number of fused-ring (bicyclic) bond motifs is 2. The Morgan fingerprint density at radius 1 is 1.29 bits per heavy atom. The summed E-state index contributed by atoms with van der Waals surface area (Å²) in [6.45, 7) is 2.67. The van der Waals surface area contributed by atoms with Crippen LogP contribution in [0.15, 0.2) is 34.0 Å². The van der Waals surface area contributed by atoms with Crippen molar-refractivity contribution < 1.29 is 4.74 Å². The number of aryl methyl sites for hydroxylation is 2. The van der Waals surface area contributed by atoms with Crippen LogP contribution in [0.3, 0.4) is 0 Å². The fraction of sp³-hybridized carbons (Fsp3) is 0.294. The molecule has 0 unspecified atom stereocenters. The maximum absolute atomic E-state index is 12.8. The molecular weight excluding hydrogens is 308 g/mol. The second-order valence-electron chi connectivity index (χ2n) is 5.56. The smallest absolute Gasteiger partial charge is 0.270 e. The normalized spacial score (nSPS) is 11.0. The lowest BCUT2D eigenvalue weighted by atomic mass is 10.2. The molecule has 3 heterocycles. The van der Waals surface area contributed by atoms with E-state index in [1.54, 1.807) is 19.4 Å². The van der Waals surface area contributed by atoms with Crippen LogP contribution in [0, 0.1) is 18.3 Å². The summed E-state index contributed by atoms with van der Waals surface area (Å²) in [5.74, 6) is 0. The molecule has 0 aliphatic heterocycles. The van der Waals surface area contributed by atoms with E-state index >= 15 is 0 Å². The first-order chi connectivity index (χ1) is 11.6. The quantitative estimate of drug-likeness (QED) is 0.532. The Kier molecular flexibility index (Phi) is 4.15. The van der Waals surface area contributed by atoms with Crippen LogP contribution in [-0.2, 0) is 11.3 Å². The van der Waals surface area contributed by atoms with Crippen LogP contribution in [0.2, 0.25) is 0 Å². The third-order valence-electron chi connectivity index (χ3n) is 3.86. The van der Waals surface area contributed by atoms with E-state index in [9.17, 15) is 14.9 Å². The van der Waals surface area contributed by atoms with Gasteiger partial charge in [-0.3, -0.25) is 18.6 Å². The second-order valence-corrected chi connectivity index (χ2v) is 5.56. The van der Waals surface area contributed by atoms with Gasteiger partial charge in [0.05, 0.1) is 5.39 Å². The molecule has 0 radical (unpaired) electrons. The molecule has 0 bridgehead atoms. The first-order valence-corrected chi connectivity index (χ1v) is 7.52. The van der Waals surface area contributed by atoms with Crippen molar-refractivity contribution in [3.63, 3.8) is 0 Å². The van der Waals surface area contributed by atoms with Gasteiger partial charge in [-0.25, -0.2) is 4.98 Å². The first-order valence-electron chi connectivity index (χ1n) is 7.52. The molecule has 122 valence electrons. The Bertz CT molecular complexity index is 1090. The van der Waals surface area contributed by atoms with Gasteiger partial charge in [-0.05, 0) is 31.0 Å². The second kappa shape index (κ2) is 6.26. The van der Waals surface area contributed by atoms with Crippen molar-refractivity contribution in [2.75, 3.05) is 13.7 Å². The van der Waals surface area contributed by atoms with Crippen LogP contribution >= 0.6 is 0 Å². The molecule has 0 aromatic carbocycles. The highest BCUT2D eigenvalue weighted by molar-refractivity contribution is 5.77. The van der Waals surface area contributed by atoms with Crippen molar-refractivity contribution in [3.8, 4) is 6.07 Å². The molecule has 0 spiro atoms. The van der Waals surface area contributed by atoms with E-state index in [-0.39, 0.29) is 16.5 Å². The molecule has 0 aliphatic carbocycles. The number of nitriles is 1. The molecule has 24 heavy (non-hydrogen) atoms. The molecule has 0 aliphatic rings. The molecule has 0 amide bonds. The molecule has 0 saturated carbocycles. The van der Waals surface area contributed by atoms with Crippen LogP contribution in [-0.4, -0.2) is 27.7 Å². The zero-order valence-electron chi connectivity index (χ0n) is 13.4. The Balaban J connectivity index is 2.39. The minimum Gasteiger partial charge on any atom is -0.385 e. The topological polar surface area (TPSA) is 89.4 Å². The summed E-state index contributed by atoms with van der Waals surface area (Å²) >= 11 is 0. The minimum absolute atomic E-state index is 0.0635. The largest absolute Gasteiger partial charge is 0.385 e. The van der Waals surface area contributed by atoms with Gasteiger partial charge in [0.2, 0.25) is 0 Å². The molecule has 0 fully saturated rings. The third kappa shape index (κ3) is 2.57. The fourth-order valence-corrected chi connectivity index (χ4v) is 2.68. The van der Waals surface area contributed by atoms with Crippen molar-refractivity contribution in [1.82, 2.24) is 14.0 Å². The Hall–Kier alpha value is -2.98. The van der Waals surface area contributed by atoms with Crippen molar-refractivity contribution >= 4 is 16.7 Å². The standard InChI is InChI=1S/C17H16N4O3/c1-11-4-5-14-19-15-13(17(23)21(14)10-11)8-12(9-18)16(22)20(15)6-3-7-24-2/h4-5,8,10H,3,6-7H2,1-2H3. The van der Waals surface area contributed by atoms with E-state index in [4.69, 9.17) is 4.74 Å². The molecule has 7 heteroatoms. The van der Waals surface area contributed by atoms with Gasteiger partial charge in [-0.1, -0.05) is 6.07 Å². The number of ether oxygens (including phenoxy) is 1. The van der Waals surface area contributed by atoms with Crippen molar-refractivity contribution in [3.05, 3.63) is 56.2 Å². The van der Waals surface area contributed by atoms with Crippen LogP contribution in [0.25, 0.3) is 16.7 Å². The zero-order valence-corrected chi connectivity index (χ0v) is 13.4. The van der Waals surface area contributed by atoms with Gasteiger partial charge in [0.1, 0.15) is 17.3 Å². The molecule has 3 rings (SSSR count). The molecule has 7 nitrogen and oxygen atoms in total. The number of nitrogens with zero attached hydrogens (tertiary/aromatic N) is 4. The summed E-state index contributed by atoms with van der Waals surface area (Å²) in [6.07, 6.45) is 2.27. The van der Waals surface area contributed by atoms with Crippen LogP contribution in [0.4, 0.5) is 0 Å². The number of methoxy groups -OCH3 is 1. The fourth-order valence-electron chi connectivity index (χ4n) is 2.68. The highest BCUT2D eigenvalue weighted by atomic mass is 16.5. The summed E-state index contributed by atoms with van der Waals surface area (Å²) in [5, 5.41) is 9.46. The lowest BCUT2D eigenvalue weighted by Gasteiger charge is -2.11. The monoisotopic (exact) mass is 324 g/mol. The average Bonchev–Trinajstić information content (AvgIpc) is 2.58. The van der Waals surface area contributed by atoms with E-state index in [0.29, 0.717) is 30.9 Å². The summed E-state index contributed by atoms with van der Waals surface area (Å²) in [6, 6.07) is 6.78. The maximum Gasteiger partial charge on any atom is 0.270 e. The van der Waals surface area contributed by atoms with Crippen molar-refractivity contribution in [2.24, 2.45) is 0 Å². The van der Waals surface area contributed by atoms with Crippen molar-refractivity contribution in [1.29, 1.82) is 5.26 Å². The van der Waals surface area contributed by atoms with Crippen LogP contribution < -0.4 is 11.1 Å². The average molecular weight is 324 g/mol. The molecule has 0 atom stereocenters. The minimum atomic E-state index is -0.440. The van der Waals surface area contributed by atoms with E-state index in [2.05, 4.69) is 4.98 Å². The van der Waals surface area contributed by atoms with Gasteiger partial charge >= 0.3 is 0 Å². The Labute approximate surface area is 137 Å². The number of rotatable bonds is 4. The summed E-state index contributed by atoms with van der Waals surface area (Å²) < 4.78 is 7.83. The maximum atomic E-state index is 12.8. The van der Waals surface area contributed by atoms with Gasteiger partial charge in [0.15, 0.2) is 5.65 Å². The predicted molar refractivity (Wildman–Crippen MR) is 89.2 cm³/mol. The highest BCUT2D eigenvalue weighted by Gasteiger charge is 2.14. The van der Waals surface area contributed by atoms with E-state index in [1.807, 2.05) is 19.1 Å². The Morgan fingerprint density at radius 3 is 2.79 bits per heavy atom. The van der Waals surface area contributed by atoms with E-state index in [0.717, 1.165) is 5.56 Å². The number of hydrogen-bond acceptors (Lipinski definition) is 5. The number of aromatic nitrogens is 3. The van der Waals surface area contributed by atoms with Crippen LogP contribution in [0.5, 0.6) is 0 Å².